The van der Waals surface area contributed by atoms with Gasteiger partial charge in [0.15, 0.2) is 0 Å². The van der Waals surface area contributed by atoms with E-state index in [9.17, 15) is 8.42 Å². The highest BCUT2D eigenvalue weighted by Crippen LogP contribution is 2.21. The van der Waals surface area contributed by atoms with Crippen molar-refractivity contribution in [1.29, 1.82) is 0 Å². The highest BCUT2D eigenvalue weighted by Gasteiger charge is 2.24. The average molecular weight is 429 g/mol. The summed E-state index contributed by atoms with van der Waals surface area (Å²) in [7, 11) is -1.50. The molecular weight excluding hydrogens is 398 g/mol. The fraction of sp³-hybridized carbons (Fsp3) is 0.364. The van der Waals surface area contributed by atoms with Crippen LogP contribution in [-0.2, 0) is 16.6 Å². The number of aromatic nitrogens is 3. The minimum atomic E-state index is -3.47. The number of rotatable bonds is 8. The summed E-state index contributed by atoms with van der Waals surface area (Å²) in [6.07, 6.45) is 1.56. The van der Waals surface area contributed by atoms with Crippen molar-refractivity contribution < 1.29 is 13.4 Å². The molecule has 0 amide bonds. The summed E-state index contributed by atoms with van der Waals surface area (Å²) >= 11 is 0. The molecule has 0 saturated heterocycles. The Morgan fingerprint density at radius 2 is 1.70 bits per heavy atom. The van der Waals surface area contributed by atoms with Gasteiger partial charge < -0.3 is 0 Å². The number of nitrogens with zero attached hydrogens (tertiary/aromatic N) is 4. The topological polar surface area (TPSA) is 72.6 Å². The van der Waals surface area contributed by atoms with Crippen molar-refractivity contribution in [1.82, 2.24) is 14.1 Å². The van der Waals surface area contributed by atoms with E-state index >= 15 is 0 Å². The fourth-order valence-corrected chi connectivity index (χ4v) is 4.99. The number of benzene rings is 1. The molecule has 7 nitrogen and oxygen atoms in total. The summed E-state index contributed by atoms with van der Waals surface area (Å²) in [6.45, 7) is 9.32. The first-order valence-corrected chi connectivity index (χ1v) is 11.6. The summed E-state index contributed by atoms with van der Waals surface area (Å²) in [5, 5.41) is 4.71. The van der Waals surface area contributed by atoms with Gasteiger partial charge in [0.25, 0.3) is 5.82 Å². The molecule has 3 rings (SSSR count). The van der Waals surface area contributed by atoms with Crippen molar-refractivity contribution >= 4 is 15.8 Å². The summed E-state index contributed by atoms with van der Waals surface area (Å²) in [5.74, 6) is 0.833. The predicted molar refractivity (Wildman–Crippen MR) is 118 cm³/mol. The Kier molecular flexibility index (Phi) is 6.58. The second kappa shape index (κ2) is 8.97. The number of para-hydroxylation sites is 1. The Morgan fingerprint density at radius 1 is 1.03 bits per heavy atom. The first-order valence-electron chi connectivity index (χ1n) is 10.1. The number of aromatic amines is 1. The highest BCUT2D eigenvalue weighted by atomic mass is 32.2. The van der Waals surface area contributed by atoms with Crippen LogP contribution in [0.1, 0.15) is 30.8 Å². The SMILES string of the molecule is CCN(CC)S(=O)(=O)c1ccc(N(C)Cc2c(C)nn(-c3ccccc3)c2C)[nH+]c1. The van der Waals surface area contributed by atoms with Gasteiger partial charge in [0, 0.05) is 30.4 Å². The van der Waals surface area contributed by atoms with Crippen LogP contribution in [0.3, 0.4) is 0 Å². The maximum Gasteiger partial charge on any atom is 0.274 e. The smallest absolute Gasteiger partial charge is 0.260 e. The lowest BCUT2D eigenvalue weighted by molar-refractivity contribution is -0.367. The maximum atomic E-state index is 12.7. The minimum absolute atomic E-state index is 0.271. The van der Waals surface area contributed by atoms with E-state index in [1.165, 1.54) is 4.31 Å². The van der Waals surface area contributed by atoms with E-state index in [2.05, 4.69) is 16.8 Å². The Morgan fingerprint density at radius 3 is 2.27 bits per heavy atom. The molecular formula is C22H30N5O2S+. The molecule has 2 heterocycles. The van der Waals surface area contributed by atoms with Crippen LogP contribution in [0, 0.1) is 13.8 Å². The Labute approximate surface area is 179 Å². The summed E-state index contributed by atoms with van der Waals surface area (Å²) in [4.78, 5) is 5.46. The Bertz CT molecular complexity index is 1090. The highest BCUT2D eigenvalue weighted by molar-refractivity contribution is 7.89. The van der Waals surface area contributed by atoms with E-state index in [0.29, 0.717) is 19.6 Å². The standard InChI is InChI=1S/C22H29N5O2S/c1-6-26(7-2)30(28,29)20-13-14-22(23-15-20)25(5)16-21-17(3)24-27(18(21)4)19-11-9-8-10-12-19/h8-15H,6-7,16H2,1-5H3/p+1. The molecule has 0 saturated carbocycles. The van der Waals surface area contributed by atoms with Crippen LogP contribution < -0.4 is 9.88 Å². The van der Waals surface area contributed by atoms with Crippen LogP contribution in [0.5, 0.6) is 0 Å². The van der Waals surface area contributed by atoms with Crippen LogP contribution in [0.4, 0.5) is 5.82 Å². The number of sulfonamides is 1. The van der Waals surface area contributed by atoms with Gasteiger partial charge in [-0.1, -0.05) is 32.0 Å². The van der Waals surface area contributed by atoms with Gasteiger partial charge in [-0.25, -0.2) is 18.1 Å². The van der Waals surface area contributed by atoms with E-state index < -0.39 is 10.0 Å². The zero-order valence-electron chi connectivity index (χ0n) is 18.3. The van der Waals surface area contributed by atoms with Crippen molar-refractivity contribution in [2.24, 2.45) is 0 Å². The molecule has 1 N–H and O–H groups in total. The van der Waals surface area contributed by atoms with E-state index in [4.69, 9.17) is 5.10 Å². The van der Waals surface area contributed by atoms with Crippen molar-refractivity contribution in [2.45, 2.75) is 39.1 Å². The number of anilines is 1. The van der Waals surface area contributed by atoms with Gasteiger partial charge in [-0.05, 0) is 32.0 Å². The zero-order valence-corrected chi connectivity index (χ0v) is 19.1. The second-order valence-corrected chi connectivity index (χ2v) is 9.19. The minimum Gasteiger partial charge on any atom is -0.260 e. The largest absolute Gasteiger partial charge is 0.274 e. The lowest BCUT2D eigenvalue weighted by Gasteiger charge is -2.18. The van der Waals surface area contributed by atoms with E-state index in [1.54, 1.807) is 12.3 Å². The van der Waals surface area contributed by atoms with Crippen molar-refractivity contribution in [3.63, 3.8) is 0 Å². The molecule has 0 spiro atoms. The van der Waals surface area contributed by atoms with Crippen LogP contribution in [0.2, 0.25) is 0 Å². The molecule has 0 aliphatic rings. The third-order valence-corrected chi connectivity index (χ3v) is 7.41. The van der Waals surface area contributed by atoms with Gasteiger partial charge >= 0.3 is 0 Å². The quantitative estimate of drug-likeness (QED) is 0.553. The molecule has 8 heteroatoms. The molecule has 30 heavy (non-hydrogen) atoms. The van der Waals surface area contributed by atoms with E-state index in [-0.39, 0.29) is 4.90 Å². The maximum absolute atomic E-state index is 12.7. The Balaban J connectivity index is 1.82. The van der Waals surface area contributed by atoms with Crippen LogP contribution in [0.15, 0.2) is 53.6 Å². The molecule has 0 atom stereocenters. The number of pyridine rings is 1. The molecule has 3 aromatic rings. The van der Waals surface area contributed by atoms with Gasteiger partial charge in [-0.3, -0.25) is 4.90 Å². The van der Waals surface area contributed by atoms with Gasteiger partial charge in [0.05, 0.1) is 18.4 Å². The molecule has 0 fully saturated rings. The number of hydrogen-bond donors (Lipinski definition) is 0. The zero-order chi connectivity index (χ0) is 21.9. The summed E-state index contributed by atoms with van der Waals surface area (Å²) in [6, 6.07) is 13.5. The molecule has 0 unspecified atom stereocenters. The van der Waals surface area contributed by atoms with Gasteiger partial charge in [0.2, 0.25) is 10.0 Å². The Hall–Kier alpha value is -2.71. The molecule has 1 aromatic carbocycles. The molecule has 0 aliphatic heterocycles. The molecule has 0 bridgehead atoms. The van der Waals surface area contributed by atoms with Crippen LogP contribution >= 0.6 is 0 Å². The van der Waals surface area contributed by atoms with Gasteiger partial charge in [-0.2, -0.15) is 9.40 Å². The van der Waals surface area contributed by atoms with Crippen molar-refractivity contribution in [2.75, 3.05) is 25.0 Å². The first kappa shape index (κ1) is 22.0. The van der Waals surface area contributed by atoms with E-state index in [1.807, 2.05) is 68.9 Å². The number of aryl methyl sites for hydroxylation is 1. The lowest BCUT2D eigenvalue weighted by Crippen LogP contribution is -2.32. The van der Waals surface area contributed by atoms with Gasteiger partial charge in [0.1, 0.15) is 17.6 Å². The number of nitrogens with one attached hydrogen (secondary N) is 1. The van der Waals surface area contributed by atoms with Crippen molar-refractivity contribution in [3.05, 3.63) is 65.6 Å². The fourth-order valence-electron chi connectivity index (χ4n) is 3.56. The third kappa shape index (κ3) is 4.24. The average Bonchev–Trinajstić information content (AvgIpc) is 3.03. The third-order valence-electron chi connectivity index (χ3n) is 5.36. The van der Waals surface area contributed by atoms with Crippen LogP contribution in [0.25, 0.3) is 5.69 Å². The molecule has 0 aliphatic carbocycles. The summed E-state index contributed by atoms with van der Waals surface area (Å²) in [5.41, 5.74) is 4.24. The predicted octanol–water partition coefficient (Wildman–Crippen LogP) is 2.97. The van der Waals surface area contributed by atoms with E-state index in [0.717, 1.165) is 28.5 Å². The first-order chi connectivity index (χ1) is 14.3. The molecule has 0 radical (unpaired) electrons. The second-order valence-electron chi connectivity index (χ2n) is 7.25. The number of H-pyrrole nitrogens is 1. The molecule has 2 aromatic heterocycles. The van der Waals surface area contributed by atoms with Crippen molar-refractivity contribution in [3.8, 4) is 5.69 Å². The summed E-state index contributed by atoms with van der Waals surface area (Å²) < 4.78 is 28.8. The monoisotopic (exact) mass is 428 g/mol. The lowest BCUT2D eigenvalue weighted by atomic mass is 10.2. The molecule has 160 valence electrons. The van der Waals surface area contributed by atoms with Crippen LogP contribution in [-0.4, -0.2) is 42.6 Å². The number of hydrogen-bond acceptors (Lipinski definition) is 4. The van der Waals surface area contributed by atoms with Gasteiger partial charge in [-0.15, -0.1) is 0 Å². The normalized spacial score (nSPS) is 11.8.